The van der Waals surface area contributed by atoms with Gasteiger partial charge < -0.3 is 5.32 Å². The van der Waals surface area contributed by atoms with Gasteiger partial charge in [-0.2, -0.15) is 0 Å². The van der Waals surface area contributed by atoms with Crippen LogP contribution < -0.4 is 5.32 Å². The first-order valence-electron chi connectivity index (χ1n) is 6.99. The first-order chi connectivity index (χ1) is 10.0. The summed E-state index contributed by atoms with van der Waals surface area (Å²) in [6, 6.07) is 3.13. The zero-order valence-electron chi connectivity index (χ0n) is 11.8. The van der Waals surface area contributed by atoms with Crippen LogP contribution in [0.15, 0.2) is 18.2 Å². The third kappa shape index (κ3) is 3.55. The van der Waals surface area contributed by atoms with Crippen molar-refractivity contribution in [2.75, 3.05) is 19.6 Å². The number of hydrogen-bond acceptors (Lipinski definition) is 4. The average Bonchev–Trinajstić information content (AvgIpc) is 2.91. The maximum atomic E-state index is 13.2. The highest BCUT2D eigenvalue weighted by Gasteiger charge is 2.25. The first-order valence-corrected chi connectivity index (χ1v) is 6.99. The molecule has 1 heterocycles. The van der Waals surface area contributed by atoms with Crippen LogP contribution in [0.4, 0.5) is 10.1 Å². The second kappa shape index (κ2) is 6.62. The third-order valence-corrected chi connectivity index (χ3v) is 3.80. The minimum Gasteiger partial charge on any atom is -0.350 e. The van der Waals surface area contributed by atoms with E-state index < -0.39 is 16.6 Å². The topological polar surface area (TPSA) is 75.5 Å². The summed E-state index contributed by atoms with van der Waals surface area (Å²) >= 11 is 0. The van der Waals surface area contributed by atoms with Crippen LogP contribution >= 0.6 is 0 Å². The Morgan fingerprint density at radius 1 is 1.57 bits per heavy atom. The maximum absolute atomic E-state index is 13.2. The lowest BCUT2D eigenvalue weighted by Gasteiger charge is -2.22. The molecule has 6 nitrogen and oxygen atoms in total. The van der Waals surface area contributed by atoms with Crippen LogP contribution in [0.3, 0.4) is 0 Å². The zero-order valence-corrected chi connectivity index (χ0v) is 11.8. The van der Waals surface area contributed by atoms with Crippen LogP contribution in [0.5, 0.6) is 0 Å². The number of hydrogen-bond donors (Lipinski definition) is 1. The van der Waals surface area contributed by atoms with Gasteiger partial charge in [0.2, 0.25) is 0 Å². The molecule has 0 bridgehead atoms. The van der Waals surface area contributed by atoms with E-state index in [2.05, 4.69) is 17.1 Å². The average molecular weight is 295 g/mol. The number of nitrogens with one attached hydrogen (secondary N) is 1. The van der Waals surface area contributed by atoms with Crippen molar-refractivity contribution in [2.24, 2.45) is 0 Å². The molecule has 1 saturated heterocycles. The van der Waals surface area contributed by atoms with Crippen LogP contribution in [0, 0.1) is 15.9 Å². The van der Waals surface area contributed by atoms with Crippen LogP contribution in [0.2, 0.25) is 0 Å². The van der Waals surface area contributed by atoms with Crippen LogP contribution in [-0.4, -0.2) is 41.4 Å². The Morgan fingerprint density at radius 3 is 3.00 bits per heavy atom. The van der Waals surface area contributed by atoms with Gasteiger partial charge in [0, 0.05) is 18.7 Å². The van der Waals surface area contributed by atoms with Gasteiger partial charge in [-0.15, -0.1) is 0 Å². The van der Waals surface area contributed by atoms with E-state index in [0.717, 1.165) is 44.1 Å². The highest BCUT2D eigenvalue weighted by atomic mass is 19.1. The summed E-state index contributed by atoms with van der Waals surface area (Å²) in [4.78, 5) is 24.5. The fraction of sp³-hybridized carbons (Fsp3) is 0.500. The second-order valence-electron chi connectivity index (χ2n) is 5.05. The number of amides is 1. The molecule has 1 aromatic rings. The van der Waals surface area contributed by atoms with E-state index in [4.69, 9.17) is 0 Å². The van der Waals surface area contributed by atoms with Crippen LogP contribution in [0.25, 0.3) is 0 Å². The van der Waals surface area contributed by atoms with E-state index in [1.165, 1.54) is 0 Å². The minimum absolute atomic E-state index is 0.235. The molecule has 1 fully saturated rings. The van der Waals surface area contributed by atoms with E-state index in [0.29, 0.717) is 6.54 Å². The Hall–Kier alpha value is -2.02. The lowest BCUT2D eigenvalue weighted by atomic mass is 10.1. The Morgan fingerprint density at radius 2 is 2.33 bits per heavy atom. The number of likely N-dealkylation sites (tertiary alicyclic amines) is 1. The molecule has 0 saturated carbocycles. The Kier molecular flexibility index (Phi) is 4.85. The van der Waals surface area contributed by atoms with E-state index >= 15 is 0 Å². The number of likely N-dealkylation sites (N-methyl/N-ethyl adjacent to an activating group) is 1. The predicted octanol–water partition coefficient (Wildman–Crippen LogP) is 1.95. The van der Waals surface area contributed by atoms with Crippen LogP contribution in [0.1, 0.15) is 30.1 Å². The third-order valence-electron chi connectivity index (χ3n) is 3.80. The highest BCUT2D eigenvalue weighted by molar-refractivity contribution is 5.98. The van der Waals surface area contributed by atoms with E-state index in [1.54, 1.807) is 0 Å². The molecule has 21 heavy (non-hydrogen) atoms. The molecule has 1 N–H and O–H groups in total. The lowest BCUT2D eigenvalue weighted by molar-refractivity contribution is -0.385. The van der Waals surface area contributed by atoms with Gasteiger partial charge in [-0.3, -0.25) is 19.8 Å². The van der Waals surface area contributed by atoms with Crippen molar-refractivity contribution in [3.8, 4) is 0 Å². The number of nitro groups is 1. The van der Waals surface area contributed by atoms with Gasteiger partial charge in [-0.1, -0.05) is 6.92 Å². The molecule has 1 aliphatic rings. The molecule has 1 aliphatic heterocycles. The summed E-state index contributed by atoms with van der Waals surface area (Å²) in [5.74, 6) is -1.27. The summed E-state index contributed by atoms with van der Waals surface area (Å²) in [5.41, 5.74) is -0.617. The molecule has 1 aromatic carbocycles. The maximum Gasteiger partial charge on any atom is 0.282 e. The molecule has 0 aliphatic carbocycles. The van der Waals surface area contributed by atoms with Crippen LogP contribution in [-0.2, 0) is 0 Å². The molecule has 1 amide bonds. The van der Waals surface area contributed by atoms with E-state index in [-0.39, 0.29) is 17.3 Å². The van der Waals surface area contributed by atoms with Crippen molar-refractivity contribution >= 4 is 11.6 Å². The molecular formula is C14H18FN3O3. The molecule has 2 rings (SSSR count). The minimum atomic E-state index is -0.678. The van der Waals surface area contributed by atoms with Gasteiger partial charge >= 0.3 is 0 Å². The molecule has 7 heteroatoms. The monoisotopic (exact) mass is 295 g/mol. The molecule has 114 valence electrons. The fourth-order valence-electron chi connectivity index (χ4n) is 2.70. The summed E-state index contributed by atoms with van der Waals surface area (Å²) in [6.45, 7) is 4.37. The summed E-state index contributed by atoms with van der Waals surface area (Å²) in [7, 11) is 0. The summed E-state index contributed by atoms with van der Waals surface area (Å²) < 4.78 is 13.2. The van der Waals surface area contributed by atoms with Gasteiger partial charge in [-0.25, -0.2) is 4.39 Å². The van der Waals surface area contributed by atoms with Gasteiger partial charge in [0.05, 0.1) is 4.92 Å². The first kappa shape index (κ1) is 15.4. The summed E-state index contributed by atoms with van der Waals surface area (Å²) in [5, 5.41) is 13.6. The smallest absolute Gasteiger partial charge is 0.282 e. The number of carbonyl (C=O) groups excluding carboxylic acids is 1. The molecule has 0 aromatic heterocycles. The molecule has 1 atom stereocenters. The molecule has 1 unspecified atom stereocenters. The second-order valence-corrected chi connectivity index (χ2v) is 5.05. The number of benzene rings is 1. The Bertz CT molecular complexity index is 550. The van der Waals surface area contributed by atoms with Gasteiger partial charge in [-0.05, 0) is 38.1 Å². The quantitative estimate of drug-likeness (QED) is 0.665. The number of halogens is 1. The largest absolute Gasteiger partial charge is 0.350 e. The number of nitrogens with zero attached hydrogens (tertiary/aromatic N) is 2. The highest BCUT2D eigenvalue weighted by Crippen LogP contribution is 2.20. The van der Waals surface area contributed by atoms with Gasteiger partial charge in [0.1, 0.15) is 11.4 Å². The van der Waals surface area contributed by atoms with Crippen molar-refractivity contribution < 1.29 is 14.1 Å². The van der Waals surface area contributed by atoms with Crippen molar-refractivity contribution in [3.63, 3.8) is 0 Å². The Labute approximate surface area is 122 Å². The van der Waals surface area contributed by atoms with Crippen molar-refractivity contribution in [1.82, 2.24) is 10.2 Å². The zero-order chi connectivity index (χ0) is 15.4. The van der Waals surface area contributed by atoms with E-state index in [9.17, 15) is 19.3 Å². The van der Waals surface area contributed by atoms with Gasteiger partial charge in [0.25, 0.3) is 11.6 Å². The standard InChI is InChI=1S/C14H18FN3O3/c1-2-17-7-3-4-11(17)9-16-14(19)12-8-10(15)5-6-13(12)18(20)21/h5-6,8,11H,2-4,7,9H2,1H3,(H,16,19). The number of carbonyl (C=O) groups is 1. The normalized spacial score (nSPS) is 18.7. The van der Waals surface area contributed by atoms with Gasteiger partial charge in [0.15, 0.2) is 0 Å². The lowest BCUT2D eigenvalue weighted by Crippen LogP contribution is -2.40. The molecule has 0 spiro atoms. The molecule has 0 radical (unpaired) electrons. The van der Waals surface area contributed by atoms with Crippen molar-refractivity contribution in [3.05, 3.63) is 39.7 Å². The number of rotatable bonds is 5. The SMILES string of the molecule is CCN1CCCC1CNC(=O)c1cc(F)ccc1[N+](=O)[O-]. The summed E-state index contributed by atoms with van der Waals surface area (Å²) in [6.07, 6.45) is 2.06. The van der Waals surface area contributed by atoms with Crippen molar-refractivity contribution in [1.29, 1.82) is 0 Å². The fourth-order valence-corrected chi connectivity index (χ4v) is 2.70. The van der Waals surface area contributed by atoms with E-state index in [1.807, 2.05) is 0 Å². The Balaban J connectivity index is 2.06. The predicted molar refractivity (Wildman–Crippen MR) is 75.7 cm³/mol. The molecular weight excluding hydrogens is 277 g/mol. The van der Waals surface area contributed by atoms with Crippen molar-refractivity contribution in [2.45, 2.75) is 25.8 Å². The number of nitro benzene ring substituents is 1.